The van der Waals surface area contributed by atoms with Crippen LogP contribution in [0.25, 0.3) is 0 Å². The third-order valence-corrected chi connectivity index (χ3v) is 3.19. The minimum Gasteiger partial charge on any atom is -0.501 e. The van der Waals surface area contributed by atoms with Gasteiger partial charge >= 0.3 is 5.97 Å². The van der Waals surface area contributed by atoms with E-state index in [1.807, 2.05) is 0 Å². The van der Waals surface area contributed by atoms with E-state index in [1.165, 1.54) is 6.26 Å². The second-order valence-electron chi connectivity index (χ2n) is 4.31. The molecule has 1 heterocycles. The van der Waals surface area contributed by atoms with Crippen molar-refractivity contribution in [1.82, 2.24) is 5.32 Å². The van der Waals surface area contributed by atoms with Gasteiger partial charge in [-0.05, 0) is 32.1 Å². The maximum atomic E-state index is 11.8. The van der Waals surface area contributed by atoms with E-state index in [2.05, 4.69) is 5.32 Å². The molecule has 2 aliphatic rings. The Hall–Kier alpha value is -1.52. The largest absolute Gasteiger partial charge is 0.501 e. The zero-order valence-electron chi connectivity index (χ0n) is 8.99. The first-order valence-corrected chi connectivity index (χ1v) is 5.51. The monoisotopic (exact) mass is 225 g/mol. The Kier molecular flexibility index (Phi) is 2.85. The van der Waals surface area contributed by atoms with Crippen molar-refractivity contribution >= 4 is 11.9 Å². The smallest absolute Gasteiger partial charge is 0.329 e. The number of carboxylic acid groups (broad SMARTS) is 1. The Balaban J connectivity index is 2.01. The van der Waals surface area contributed by atoms with E-state index in [0.29, 0.717) is 31.4 Å². The van der Waals surface area contributed by atoms with Crippen molar-refractivity contribution in [2.75, 3.05) is 6.61 Å². The maximum Gasteiger partial charge on any atom is 0.329 e. The van der Waals surface area contributed by atoms with Crippen molar-refractivity contribution in [1.29, 1.82) is 0 Å². The van der Waals surface area contributed by atoms with Crippen LogP contribution in [0.3, 0.4) is 0 Å². The lowest BCUT2D eigenvalue weighted by molar-refractivity contribution is -0.151. The third-order valence-electron chi connectivity index (χ3n) is 3.19. The number of aliphatic carboxylic acids is 1. The second kappa shape index (κ2) is 4.15. The lowest BCUT2D eigenvalue weighted by atomic mass is 9.76. The number of carbonyl (C=O) groups excluding carboxylic acids is 1. The Bertz CT molecular complexity index is 344. The van der Waals surface area contributed by atoms with E-state index in [-0.39, 0.29) is 5.91 Å². The first-order valence-electron chi connectivity index (χ1n) is 5.51. The number of nitrogens with one attached hydrogen (secondary N) is 1. The zero-order valence-corrected chi connectivity index (χ0v) is 8.99. The molecule has 0 saturated heterocycles. The van der Waals surface area contributed by atoms with Crippen molar-refractivity contribution in [3.05, 3.63) is 11.8 Å². The molecule has 0 bridgehead atoms. The van der Waals surface area contributed by atoms with Gasteiger partial charge < -0.3 is 15.2 Å². The van der Waals surface area contributed by atoms with E-state index in [0.717, 1.165) is 12.8 Å². The summed E-state index contributed by atoms with van der Waals surface area (Å²) in [4.78, 5) is 22.8. The summed E-state index contributed by atoms with van der Waals surface area (Å²) >= 11 is 0. The van der Waals surface area contributed by atoms with Crippen molar-refractivity contribution in [3.8, 4) is 0 Å². The summed E-state index contributed by atoms with van der Waals surface area (Å²) in [5, 5.41) is 11.7. The Morgan fingerprint density at radius 1 is 1.38 bits per heavy atom. The van der Waals surface area contributed by atoms with Crippen LogP contribution in [-0.2, 0) is 14.3 Å². The third kappa shape index (κ3) is 1.89. The number of rotatable bonds is 3. The van der Waals surface area contributed by atoms with Crippen molar-refractivity contribution in [3.63, 3.8) is 0 Å². The van der Waals surface area contributed by atoms with E-state index in [4.69, 9.17) is 9.84 Å². The Labute approximate surface area is 93.5 Å². The van der Waals surface area contributed by atoms with Crippen molar-refractivity contribution < 1.29 is 19.4 Å². The highest BCUT2D eigenvalue weighted by atomic mass is 16.5. The summed E-state index contributed by atoms with van der Waals surface area (Å²) in [6.07, 6.45) is 4.78. The fraction of sp³-hybridized carbons (Fsp3) is 0.636. The van der Waals surface area contributed by atoms with E-state index in [9.17, 15) is 9.59 Å². The van der Waals surface area contributed by atoms with Crippen LogP contribution in [0.1, 0.15) is 32.1 Å². The molecule has 5 heteroatoms. The summed E-state index contributed by atoms with van der Waals surface area (Å²) in [6.45, 7) is 0.626. The van der Waals surface area contributed by atoms with Gasteiger partial charge in [0.05, 0.1) is 18.4 Å². The van der Waals surface area contributed by atoms with E-state index >= 15 is 0 Å². The summed E-state index contributed by atoms with van der Waals surface area (Å²) in [5.41, 5.74) is -0.492. The molecule has 1 saturated carbocycles. The van der Waals surface area contributed by atoms with Gasteiger partial charge in [-0.2, -0.15) is 0 Å². The first kappa shape index (κ1) is 11.0. The minimum atomic E-state index is -1.03. The number of hydrogen-bond acceptors (Lipinski definition) is 3. The Morgan fingerprint density at radius 2 is 2.12 bits per heavy atom. The van der Waals surface area contributed by atoms with Gasteiger partial charge in [0.1, 0.15) is 5.54 Å². The number of carboxylic acids is 1. The number of ether oxygens (including phenoxy) is 1. The molecule has 1 amide bonds. The molecule has 0 atom stereocenters. The van der Waals surface area contributed by atoms with Crippen LogP contribution in [0.5, 0.6) is 0 Å². The van der Waals surface area contributed by atoms with Gasteiger partial charge in [0.2, 0.25) is 0 Å². The van der Waals surface area contributed by atoms with Crippen LogP contribution in [0.15, 0.2) is 11.8 Å². The maximum absolute atomic E-state index is 11.8. The van der Waals surface area contributed by atoms with Crippen LogP contribution in [0.2, 0.25) is 0 Å². The van der Waals surface area contributed by atoms with Gasteiger partial charge in [0.15, 0.2) is 0 Å². The van der Waals surface area contributed by atoms with Gasteiger partial charge in [0.25, 0.3) is 5.91 Å². The molecule has 1 aliphatic carbocycles. The van der Waals surface area contributed by atoms with Crippen LogP contribution in [0.4, 0.5) is 0 Å². The van der Waals surface area contributed by atoms with Crippen LogP contribution in [0, 0.1) is 0 Å². The molecule has 0 unspecified atom stereocenters. The molecular weight excluding hydrogens is 210 g/mol. The molecule has 0 aromatic heterocycles. The summed E-state index contributed by atoms with van der Waals surface area (Å²) in [6, 6.07) is 0. The van der Waals surface area contributed by atoms with Crippen molar-refractivity contribution in [2.24, 2.45) is 0 Å². The molecule has 1 aliphatic heterocycles. The molecule has 2 rings (SSSR count). The summed E-state index contributed by atoms with van der Waals surface area (Å²) in [5.74, 6) is -1.24. The first-order chi connectivity index (χ1) is 7.64. The van der Waals surface area contributed by atoms with Gasteiger partial charge in [-0.1, -0.05) is 0 Å². The average Bonchev–Trinajstić information content (AvgIpc) is 2.24. The fourth-order valence-corrected chi connectivity index (χ4v) is 1.95. The van der Waals surface area contributed by atoms with Gasteiger partial charge in [-0.3, -0.25) is 4.79 Å². The minimum absolute atomic E-state index is 0.304. The average molecular weight is 225 g/mol. The van der Waals surface area contributed by atoms with E-state index < -0.39 is 11.5 Å². The predicted octanol–water partition coefficient (Wildman–Crippen LogP) is 0.804. The second-order valence-corrected chi connectivity index (χ2v) is 4.31. The molecule has 0 aromatic carbocycles. The molecular formula is C11H15NO4. The van der Waals surface area contributed by atoms with Gasteiger partial charge in [-0.25, -0.2) is 4.79 Å². The van der Waals surface area contributed by atoms with Gasteiger partial charge in [-0.15, -0.1) is 0 Å². The number of hydrogen-bond donors (Lipinski definition) is 2. The standard InChI is InChI=1S/C11H15NO4/c13-9(8-3-1-6-16-7-8)12-11(10(14)15)4-2-5-11/h7H,1-6H2,(H,12,13)(H,14,15). The highest BCUT2D eigenvalue weighted by Gasteiger charge is 2.46. The van der Waals surface area contributed by atoms with Gasteiger partial charge in [0, 0.05) is 0 Å². The predicted molar refractivity (Wildman–Crippen MR) is 55.6 cm³/mol. The molecule has 1 fully saturated rings. The van der Waals surface area contributed by atoms with E-state index in [1.54, 1.807) is 0 Å². The van der Waals surface area contributed by atoms with Crippen molar-refractivity contribution in [2.45, 2.75) is 37.6 Å². The quantitative estimate of drug-likeness (QED) is 0.745. The molecule has 88 valence electrons. The summed E-state index contributed by atoms with van der Waals surface area (Å²) < 4.78 is 5.06. The highest BCUT2D eigenvalue weighted by molar-refractivity contribution is 5.97. The molecule has 2 N–H and O–H groups in total. The SMILES string of the molecule is O=C(NC1(C(=O)O)CCC1)C1=COCCC1. The van der Waals surface area contributed by atoms with Crippen LogP contribution < -0.4 is 5.32 Å². The number of amides is 1. The highest BCUT2D eigenvalue weighted by Crippen LogP contribution is 2.32. The Morgan fingerprint density at radius 3 is 2.56 bits per heavy atom. The zero-order chi connectivity index (χ0) is 11.6. The molecule has 0 radical (unpaired) electrons. The molecule has 0 spiro atoms. The topological polar surface area (TPSA) is 75.6 Å². The van der Waals surface area contributed by atoms with Crippen LogP contribution >= 0.6 is 0 Å². The fourth-order valence-electron chi connectivity index (χ4n) is 1.95. The molecule has 5 nitrogen and oxygen atoms in total. The normalized spacial score (nSPS) is 22.4. The molecule has 0 aromatic rings. The van der Waals surface area contributed by atoms with Crippen LogP contribution in [-0.4, -0.2) is 29.1 Å². The lowest BCUT2D eigenvalue weighted by Gasteiger charge is -2.38. The number of carbonyl (C=O) groups is 2. The lowest BCUT2D eigenvalue weighted by Crippen LogP contribution is -2.59. The molecule has 16 heavy (non-hydrogen) atoms. The summed E-state index contributed by atoms with van der Waals surface area (Å²) in [7, 11) is 0.